The third-order valence-electron chi connectivity index (χ3n) is 8.46. The quantitative estimate of drug-likeness (QED) is 0.0748. The Morgan fingerprint density at radius 2 is 0.949 bits per heavy atom. The molecular weight excluding hydrogens is 482 g/mol. The molecule has 39 heavy (non-hydrogen) atoms. The molecule has 0 aromatic heterocycles. The maximum absolute atomic E-state index is 12.4. The summed E-state index contributed by atoms with van der Waals surface area (Å²) in [5.74, 6) is 0.375. The van der Waals surface area contributed by atoms with Crippen molar-refractivity contribution in [1.29, 1.82) is 0 Å². The Hall–Kier alpha value is -0.610. The fourth-order valence-corrected chi connectivity index (χ4v) is 5.70. The molecule has 0 aromatic carbocycles. The minimum Gasteiger partial charge on any atom is -0.394 e. The molecule has 0 fully saturated rings. The number of amides is 1. The Labute approximate surface area is 244 Å². The van der Waals surface area contributed by atoms with E-state index in [4.69, 9.17) is 0 Å². The zero-order chi connectivity index (χ0) is 28.8. The van der Waals surface area contributed by atoms with E-state index in [1.165, 1.54) is 141 Å². The smallest absolute Gasteiger partial charge is 0.220 e. The van der Waals surface area contributed by atoms with Gasteiger partial charge in [-0.05, 0) is 18.8 Å². The minimum absolute atomic E-state index is 0.0332. The van der Waals surface area contributed by atoms with Crippen LogP contribution in [0.15, 0.2) is 0 Å². The van der Waals surface area contributed by atoms with Gasteiger partial charge in [-0.25, -0.2) is 0 Å². The van der Waals surface area contributed by atoms with Crippen LogP contribution in [0.25, 0.3) is 0 Å². The fraction of sp³-hybridized carbons (Fsp3) is 0.971. The van der Waals surface area contributed by atoms with Gasteiger partial charge >= 0.3 is 0 Å². The lowest BCUT2D eigenvalue weighted by Gasteiger charge is -2.25. The highest BCUT2D eigenvalue weighted by molar-refractivity contribution is 5.76. The van der Waals surface area contributed by atoms with Gasteiger partial charge in [-0.15, -0.1) is 0 Å². The van der Waals surface area contributed by atoms with E-state index in [2.05, 4.69) is 26.1 Å². The molecule has 0 aliphatic carbocycles. The predicted molar refractivity (Wildman–Crippen MR) is 170 cm³/mol. The molecule has 0 saturated heterocycles. The van der Waals surface area contributed by atoms with Crippen LogP contribution in [0.3, 0.4) is 0 Å². The third kappa shape index (κ3) is 27.3. The maximum Gasteiger partial charge on any atom is 0.220 e. The summed E-state index contributed by atoms with van der Waals surface area (Å²) in [5, 5.41) is 23.2. The van der Waals surface area contributed by atoms with Gasteiger partial charge in [0, 0.05) is 6.42 Å². The first kappa shape index (κ1) is 38.4. The van der Waals surface area contributed by atoms with Crippen LogP contribution in [0.4, 0.5) is 0 Å². The SMILES string of the molecule is CCCCCCCCCCCCCCCC(=O)NC(CO)C(O)C[C@@H](C)CCCCCCCCCCCCC. The van der Waals surface area contributed by atoms with Gasteiger partial charge in [0.25, 0.3) is 0 Å². The molecule has 3 N–H and O–H groups in total. The number of carbonyl (C=O) groups is 1. The molecule has 0 aromatic rings. The normalized spacial score (nSPS) is 13.9. The van der Waals surface area contributed by atoms with Crippen LogP contribution in [-0.4, -0.2) is 34.9 Å². The van der Waals surface area contributed by atoms with Crippen LogP contribution in [0.1, 0.15) is 194 Å². The molecule has 4 heteroatoms. The summed E-state index contributed by atoms with van der Waals surface area (Å²) in [6, 6.07) is -0.542. The number of unbranched alkanes of at least 4 members (excludes halogenated alkanes) is 22. The van der Waals surface area contributed by atoms with E-state index in [0.717, 1.165) is 19.3 Å². The maximum atomic E-state index is 12.4. The van der Waals surface area contributed by atoms with Gasteiger partial charge in [0.15, 0.2) is 0 Å². The molecule has 0 aliphatic rings. The average Bonchev–Trinajstić information content (AvgIpc) is 2.92. The highest BCUT2D eigenvalue weighted by Crippen LogP contribution is 2.19. The summed E-state index contributed by atoms with van der Waals surface area (Å²) in [7, 11) is 0. The van der Waals surface area contributed by atoms with Crippen molar-refractivity contribution >= 4 is 5.91 Å². The minimum atomic E-state index is -0.673. The van der Waals surface area contributed by atoms with Crippen molar-refractivity contribution < 1.29 is 15.0 Å². The van der Waals surface area contributed by atoms with Gasteiger partial charge in [0.2, 0.25) is 5.91 Å². The van der Waals surface area contributed by atoms with E-state index in [1.54, 1.807) is 0 Å². The van der Waals surface area contributed by atoms with E-state index in [0.29, 0.717) is 18.8 Å². The number of carbonyl (C=O) groups excluding carboxylic acids is 1. The zero-order valence-corrected chi connectivity index (χ0v) is 26.8. The molecule has 0 rings (SSSR count). The van der Waals surface area contributed by atoms with Gasteiger partial charge in [-0.2, -0.15) is 0 Å². The van der Waals surface area contributed by atoms with E-state index in [9.17, 15) is 15.0 Å². The highest BCUT2D eigenvalue weighted by Gasteiger charge is 2.22. The molecule has 0 radical (unpaired) electrons. The second kappa shape index (κ2) is 30.4. The number of hydrogen-bond acceptors (Lipinski definition) is 3. The van der Waals surface area contributed by atoms with Gasteiger partial charge in [0.1, 0.15) is 0 Å². The lowest BCUT2D eigenvalue weighted by Crippen LogP contribution is -2.46. The summed E-state index contributed by atoms with van der Waals surface area (Å²) in [6.45, 7) is 6.53. The van der Waals surface area contributed by atoms with Gasteiger partial charge in [-0.3, -0.25) is 4.79 Å². The number of aliphatic hydroxyl groups excluding tert-OH is 2. The predicted octanol–water partition coefficient (Wildman–Crippen LogP) is 10.0. The first-order valence-corrected chi connectivity index (χ1v) is 17.6. The van der Waals surface area contributed by atoms with Crippen LogP contribution < -0.4 is 5.32 Å². The average molecular weight is 554 g/mol. The zero-order valence-electron chi connectivity index (χ0n) is 26.8. The molecule has 0 bridgehead atoms. The fourth-order valence-electron chi connectivity index (χ4n) is 5.70. The van der Waals surface area contributed by atoms with Crippen LogP contribution >= 0.6 is 0 Å². The van der Waals surface area contributed by atoms with E-state index in [1.807, 2.05) is 0 Å². The summed E-state index contributed by atoms with van der Waals surface area (Å²) >= 11 is 0. The lowest BCUT2D eigenvalue weighted by molar-refractivity contribution is -0.123. The van der Waals surface area contributed by atoms with Crippen LogP contribution in [0.5, 0.6) is 0 Å². The standard InChI is InChI=1S/C35H71NO3/c1-4-6-8-10-12-14-16-17-19-21-23-25-27-29-35(39)36-33(31-37)34(38)30-32(3)28-26-24-22-20-18-15-13-11-9-7-5-2/h32-34,37-38H,4-31H2,1-3H3,(H,36,39)/t32-,33?,34?/m0/s1. The van der Waals surface area contributed by atoms with Crippen molar-refractivity contribution in [3.63, 3.8) is 0 Å². The Balaban J connectivity index is 3.68. The Morgan fingerprint density at radius 1 is 0.590 bits per heavy atom. The first-order chi connectivity index (χ1) is 19.0. The summed E-state index contributed by atoms with van der Waals surface area (Å²) in [4.78, 5) is 12.4. The second-order valence-corrected chi connectivity index (χ2v) is 12.6. The molecule has 4 nitrogen and oxygen atoms in total. The molecule has 3 atom stereocenters. The summed E-state index contributed by atoms with van der Waals surface area (Å²) in [6.07, 6.45) is 33.2. The number of hydrogen-bond donors (Lipinski definition) is 3. The Bertz CT molecular complexity index is 498. The first-order valence-electron chi connectivity index (χ1n) is 17.6. The topological polar surface area (TPSA) is 69.6 Å². The third-order valence-corrected chi connectivity index (χ3v) is 8.46. The van der Waals surface area contributed by atoms with Crippen LogP contribution in [0.2, 0.25) is 0 Å². The van der Waals surface area contributed by atoms with E-state index in [-0.39, 0.29) is 12.5 Å². The second-order valence-electron chi connectivity index (χ2n) is 12.6. The molecule has 0 spiro atoms. The van der Waals surface area contributed by atoms with E-state index < -0.39 is 12.1 Å². The van der Waals surface area contributed by atoms with Crippen molar-refractivity contribution in [1.82, 2.24) is 5.32 Å². The lowest BCUT2D eigenvalue weighted by atomic mass is 9.93. The molecule has 0 saturated carbocycles. The molecule has 1 amide bonds. The molecule has 0 aliphatic heterocycles. The Morgan fingerprint density at radius 3 is 1.33 bits per heavy atom. The summed E-state index contributed by atoms with van der Waals surface area (Å²) in [5.41, 5.74) is 0. The van der Waals surface area contributed by atoms with Crippen molar-refractivity contribution in [2.75, 3.05) is 6.61 Å². The monoisotopic (exact) mass is 554 g/mol. The van der Waals surface area contributed by atoms with Crippen molar-refractivity contribution in [2.24, 2.45) is 5.92 Å². The number of rotatable bonds is 31. The molecular formula is C35H71NO3. The van der Waals surface area contributed by atoms with E-state index >= 15 is 0 Å². The van der Waals surface area contributed by atoms with Gasteiger partial charge in [-0.1, -0.05) is 175 Å². The van der Waals surface area contributed by atoms with Gasteiger partial charge in [0.05, 0.1) is 18.8 Å². The molecule has 0 heterocycles. The Kier molecular flexibility index (Phi) is 29.9. The van der Waals surface area contributed by atoms with Crippen molar-refractivity contribution in [3.8, 4) is 0 Å². The molecule has 234 valence electrons. The summed E-state index contributed by atoms with van der Waals surface area (Å²) < 4.78 is 0. The molecule has 2 unspecified atom stereocenters. The van der Waals surface area contributed by atoms with Gasteiger partial charge < -0.3 is 15.5 Å². The van der Waals surface area contributed by atoms with Crippen molar-refractivity contribution in [2.45, 2.75) is 206 Å². The van der Waals surface area contributed by atoms with Crippen LogP contribution in [0, 0.1) is 5.92 Å². The highest BCUT2D eigenvalue weighted by atomic mass is 16.3. The number of nitrogens with one attached hydrogen (secondary N) is 1. The number of aliphatic hydroxyl groups is 2. The van der Waals surface area contributed by atoms with Crippen LogP contribution in [-0.2, 0) is 4.79 Å². The van der Waals surface area contributed by atoms with Crippen molar-refractivity contribution in [3.05, 3.63) is 0 Å². The largest absolute Gasteiger partial charge is 0.394 e.